The fraction of sp³-hybridized carbons (Fsp3) is 0.889. The molecule has 13 heavy (non-hydrogen) atoms. The van der Waals surface area contributed by atoms with E-state index in [0.29, 0.717) is 6.42 Å². The first-order valence-corrected chi connectivity index (χ1v) is 4.86. The molecule has 3 N–H and O–H groups in total. The number of hydrogen-bond acceptors (Lipinski definition) is 4. The van der Waals surface area contributed by atoms with Crippen LogP contribution in [0.1, 0.15) is 46.0 Å². The van der Waals surface area contributed by atoms with Crippen LogP contribution in [0.2, 0.25) is 0 Å². The molecule has 0 rings (SSSR count). The van der Waals surface area contributed by atoms with Gasteiger partial charge in [0.1, 0.15) is 0 Å². The maximum atomic E-state index is 11.1. The molecule has 0 spiro atoms. The first kappa shape index (κ1) is 12.4. The highest BCUT2D eigenvalue weighted by Gasteiger charge is 2.06. The summed E-state index contributed by atoms with van der Waals surface area (Å²) in [5, 5.41) is 0. The van der Waals surface area contributed by atoms with Crippen LogP contribution in [0.5, 0.6) is 0 Å². The highest BCUT2D eigenvalue weighted by Crippen LogP contribution is 2.03. The largest absolute Gasteiger partial charge is 0.446 e. The molecule has 0 bridgehead atoms. The van der Waals surface area contributed by atoms with Crippen LogP contribution in [0.4, 0.5) is 0 Å². The molecule has 4 heteroatoms. The fourth-order valence-corrected chi connectivity index (χ4v) is 0.986. The SMILES string of the molecule is CCCCCCC(=O)OC(C)NN. The Bertz CT molecular complexity index is 140. The van der Waals surface area contributed by atoms with Crippen LogP contribution in [0, 0.1) is 0 Å². The van der Waals surface area contributed by atoms with E-state index in [1.165, 1.54) is 12.8 Å². The van der Waals surface area contributed by atoms with Gasteiger partial charge in [-0.1, -0.05) is 26.2 Å². The van der Waals surface area contributed by atoms with Gasteiger partial charge in [0.25, 0.3) is 0 Å². The molecule has 1 unspecified atom stereocenters. The first-order chi connectivity index (χ1) is 6.20. The summed E-state index contributed by atoms with van der Waals surface area (Å²) in [5.74, 6) is 4.89. The van der Waals surface area contributed by atoms with Crippen molar-refractivity contribution in [2.75, 3.05) is 0 Å². The number of unbranched alkanes of at least 4 members (excludes halogenated alkanes) is 3. The second-order valence-electron chi connectivity index (χ2n) is 3.11. The molecule has 0 amide bonds. The predicted molar refractivity (Wildman–Crippen MR) is 51.6 cm³/mol. The van der Waals surface area contributed by atoms with Crippen molar-refractivity contribution in [2.24, 2.45) is 5.84 Å². The lowest BCUT2D eigenvalue weighted by Gasteiger charge is -2.10. The molecule has 78 valence electrons. The first-order valence-electron chi connectivity index (χ1n) is 4.86. The van der Waals surface area contributed by atoms with Crippen LogP contribution in [0.25, 0.3) is 0 Å². The number of hydrazine groups is 1. The molecule has 0 aromatic rings. The number of esters is 1. The average molecular weight is 188 g/mol. The lowest BCUT2D eigenvalue weighted by molar-refractivity contribution is -0.149. The van der Waals surface area contributed by atoms with Gasteiger partial charge < -0.3 is 4.74 Å². The van der Waals surface area contributed by atoms with Gasteiger partial charge in [-0.3, -0.25) is 10.6 Å². The van der Waals surface area contributed by atoms with E-state index < -0.39 is 6.23 Å². The molecule has 0 radical (unpaired) electrons. The monoisotopic (exact) mass is 188 g/mol. The molecule has 4 nitrogen and oxygen atoms in total. The van der Waals surface area contributed by atoms with Crippen molar-refractivity contribution in [2.45, 2.75) is 52.2 Å². The van der Waals surface area contributed by atoms with Crippen molar-refractivity contribution in [3.63, 3.8) is 0 Å². The summed E-state index contributed by atoms with van der Waals surface area (Å²) in [6.07, 6.45) is 4.46. The summed E-state index contributed by atoms with van der Waals surface area (Å²) < 4.78 is 4.90. The maximum absolute atomic E-state index is 11.1. The second-order valence-corrected chi connectivity index (χ2v) is 3.11. The minimum absolute atomic E-state index is 0.179. The minimum atomic E-state index is -0.390. The smallest absolute Gasteiger partial charge is 0.307 e. The number of nitrogens with two attached hydrogens (primary N) is 1. The van der Waals surface area contributed by atoms with Gasteiger partial charge in [-0.2, -0.15) is 0 Å². The summed E-state index contributed by atoms with van der Waals surface area (Å²) in [7, 11) is 0. The molecule has 0 aromatic carbocycles. The maximum Gasteiger partial charge on any atom is 0.307 e. The second kappa shape index (κ2) is 8.01. The molecular formula is C9H20N2O2. The Hall–Kier alpha value is -0.610. The van der Waals surface area contributed by atoms with E-state index in [2.05, 4.69) is 12.3 Å². The van der Waals surface area contributed by atoms with Gasteiger partial charge in [-0.15, -0.1) is 0 Å². The number of rotatable bonds is 7. The zero-order valence-corrected chi connectivity index (χ0v) is 8.51. The van der Waals surface area contributed by atoms with Crippen LogP contribution >= 0.6 is 0 Å². The third-order valence-electron chi connectivity index (χ3n) is 1.78. The van der Waals surface area contributed by atoms with Gasteiger partial charge in [0.15, 0.2) is 6.23 Å². The van der Waals surface area contributed by atoms with Crippen molar-refractivity contribution in [3.8, 4) is 0 Å². The summed E-state index contributed by atoms with van der Waals surface area (Å²) in [5.41, 5.74) is 2.35. The average Bonchev–Trinajstić information content (AvgIpc) is 2.12. The molecule has 0 saturated carbocycles. The third-order valence-corrected chi connectivity index (χ3v) is 1.78. The van der Waals surface area contributed by atoms with Gasteiger partial charge in [-0.25, -0.2) is 5.43 Å². The Kier molecular flexibility index (Phi) is 7.63. The van der Waals surface area contributed by atoms with Crippen molar-refractivity contribution >= 4 is 5.97 Å². The van der Waals surface area contributed by atoms with E-state index in [0.717, 1.165) is 12.8 Å². The van der Waals surface area contributed by atoms with Crippen molar-refractivity contribution < 1.29 is 9.53 Å². The van der Waals surface area contributed by atoms with Gasteiger partial charge in [0.05, 0.1) is 0 Å². The molecule has 1 atom stereocenters. The van der Waals surface area contributed by atoms with Crippen LogP contribution < -0.4 is 11.3 Å². The fourth-order valence-electron chi connectivity index (χ4n) is 0.986. The van der Waals surface area contributed by atoms with Crippen LogP contribution in [-0.4, -0.2) is 12.2 Å². The number of ether oxygens (including phenoxy) is 1. The van der Waals surface area contributed by atoms with Crippen LogP contribution in [0.15, 0.2) is 0 Å². The quantitative estimate of drug-likeness (QED) is 0.208. The number of carbonyl (C=O) groups is 1. The topological polar surface area (TPSA) is 64.3 Å². The molecule has 0 aromatic heterocycles. The van der Waals surface area contributed by atoms with E-state index in [1.807, 2.05) is 0 Å². The summed E-state index contributed by atoms with van der Waals surface area (Å²) in [6, 6.07) is 0. The Morgan fingerprint density at radius 1 is 1.46 bits per heavy atom. The van der Waals surface area contributed by atoms with Crippen molar-refractivity contribution in [1.82, 2.24) is 5.43 Å². The van der Waals surface area contributed by atoms with E-state index >= 15 is 0 Å². The highest BCUT2D eigenvalue weighted by molar-refractivity contribution is 5.69. The summed E-state index contributed by atoms with van der Waals surface area (Å²) >= 11 is 0. The van der Waals surface area contributed by atoms with Crippen molar-refractivity contribution in [1.29, 1.82) is 0 Å². The molecule has 0 saturated heterocycles. The number of hydrogen-bond donors (Lipinski definition) is 2. The Balaban J connectivity index is 3.30. The van der Waals surface area contributed by atoms with Crippen LogP contribution in [-0.2, 0) is 9.53 Å². The molecule has 0 aliphatic carbocycles. The lowest BCUT2D eigenvalue weighted by atomic mass is 10.2. The molecule has 0 heterocycles. The van der Waals surface area contributed by atoms with Gasteiger partial charge >= 0.3 is 5.97 Å². The minimum Gasteiger partial charge on any atom is -0.446 e. The van der Waals surface area contributed by atoms with Gasteiger partial charge in [0.2, 0.25) is 0 Å². The van der Waals surface area contributed by atoms with E-state index in [4.69, 9.17) is 10.6 Å². The third kappa shape index (κ3) is 7.74. The van der Waals surface area contributed by atoms with E-state index in [9.17, 15) is 4.79 Å². The zero-order chi connectivity index (χ0) is 10.1. The van der Waals surface area contributed by atoms with E-state index in [-0.39, 0.29) is 5.97 Å². The van der Waals surface area contributed by atoms with Crippen LogP contribution in [0.3, 0.4) is 0 Å². The highest BCUT2D eigenvalue weighted by atomic mass is 16.6. The Morgan fingerprint density at radius 2 is 2.15 bits per heavy atom. The molecule has 0 fully saturated rings. The Labute approximate surface area is 79.8 Å². The molecular weight excluding hydrogens is 168 g/mol. The Morgan fingerprint density at radius 3 is 2.69 bits per heavy atom. The van der Waals surface area contributed by atoms with Gasteiger partial charge in [0, 0.05) is 6.42 Å². The van der Waals surface area contributed by atoms with Gasteiger partial charge in [-0.05, 0) is 13.3 Å². The predicted octanol–water partition coefficient (Wildman–Crippen LogP) is 1.31. The number of carbonyl (C=O) groups excluding carboxylic acids is 1. The number of nitrogens with one attached hydrogen (secondary N) is 1. The molecule has 0 aliphatic rings. The summed E-state index contributed by atoms with van der Waals surface area (Å²) in [4.78, 5) is 11.1. The lowest BCUT2D eigenvalue weighted by Crippen LogP contribution is -2.36. The standard InChI is InChI=1S/C9H20N2O2/c1-3-4-5-6-7-9(12)13-8(2)11-10/h8,11H,3-7,10H2,1-2H3. The normalized spacial score (nSPS) is 12.5. The summed E-state index contributed by atoms with van der Waals surface area (Å²) in [6.45, 7) is 3.84. The molecule has 0 aliphatic heterocycles. The zero-order valence-electron chi connectivity index (χ0n) is 8.51. The van der Waals surface area contributed by atoms with E-state index in [1.54, 1.807) is 6.92 Å². The van der Waals surface area contributed by atoms with Crippen molar-refractivity contribution in [3.05, 3.63) is 0 Å².